The number of nitrogens with zero attached hydrogens (tertiary/aromatic N) is 3. The largest absolute Gasteiger partial charge is 0.497 e. The number of fused-ring (bicyclic) bond motifs is 2. The van der Waals surface area contributed by atoms with Gasteiger partial charge in [-0.15, -0.1) is 0 Å². The minimum absolute atomic E-state index is 0.115. The molecule has 3 heterocycles. The van der Waals surface area contributed by atoms with Gasteiger partial charge in [-0.05, 0) is 35.7 Å². The number of aromatic nitrogens is 2. The highest BCUT2D eigenvalue weighted by molar-refractivity contribution is 6.10. The highest BCUT2D eigenvalue weighted by Gasteiger charge is 2.48. The molecule has 1 fully saturated rings. The highest BCUT2D eigenvalue weighted by atomic mass is 16.5. The van der Waals surface area contributed by atoms with Crippen molar-refractivity contribution in [1.82, 2.24) is 25.5 Å². The Hall–Kier alpha value is -4.45. The summed E-state index contributed by atoms with van der Waals surface area (Å²) in [6.45, 7) is 0.178. The average molecular weight is 427 g/mol. The summed E-state index contributed by atoms with van der Waals surface area (Å²) in [4.78, 5) is 47.7. The van der Waals surface area contributed by atoms with Crippen molar-refractivity contribution in [3.05, 3.63) is 65.6 Å². The molecule has 0 spiro atoms. The van der Waals surface area contributed by atoms with Gasteiger partial charge in [-0.2, -0.15) is 0 Å². The molecule has 2 N–H and O–H groups in total. The van der Waals surface area contributed by atoms with E-state index in [4.69, 9.17) is 4.74 Å². The molecule has 9 nitrogen and oxygen atoms in total. The lowest BCUT2D eigenvalue weighted by Gasteiger charge is -2.26. The molecule has 2 aliphatic heterocycles. The van der Waals surface area contributed by atoms with Gasteiger partial charge in [0.1, 0.15) is 17.8 Å². The van der Waals surface area contributed by atoms with Crippen LogP contribution in [0.4, 0.5) is 4.79 Å². The van der Waals surface area contributed by atoms with E-state index in [0.29, 0.717) is 29.1 Å². The molecule has 0 aliphatic carbocycles. The molecule has 9 heteroatoms. The smallest absolute Gasteiger partial charge is 0.323 e. The molecule has 1 atom stereocenters. The molecule has 1 saturated heterocycles. The Bertz CT molecular complexity index is 1350. The number of hydrogen-bond acceptors (Lipinski definition) is 6. The van der Waals surface area contributed by atoms with Crippen LogP contribution < -0.4 is 15.4 Å². The molecule has 1 aromatic heterocycles. The first-order valence-electron chi connectivity index (χ1n) is 9.82. The van der Waals surface area contributed by atoms with E-state index in [1.165, 1.54) is 18.3 Å². The van der Waals surface area contributed by atoms with Gasteiger partial charge < -0.3 is 15.0 Å². The van der Waals surface area contributed by atoms with E-state index < -0.39 is 17.5 Å². The number of ether oxygens (including phenoxy) is 1. The minimum atomic E-state index is -1.61. The third-order valence-electron chi connectivity index (χ3n) is 5.50. The second-order valence-electron chi connectivity index (χ2n) is 7.49. The number of nitrogens with one attached hydrogen (secondary N) is 2. The van der Waals surface area contributed by atoms with Gasteiger partial charge in [0.05, 0.1) is 19.2 Å². The normalized spacial score (nSPS) is 19.3. The third-order valence-corrected chi connectivity index (χ3v) is 5.50. The van der Waals surface area contributed by atoms with Crippen molar-refractivity contribution in [2.45, 2.75) is 12.1 Å². The molecule has 0 saturated carbocycles. The summed E-state index contributed by atoms with van der Waals surface area (Å²) >= 11 is 0. The summed E-state index contributed by atoms with van der Waals surface area (Å²) in [7, 11) is 1.53. The first-order chi connectivity index (χ1) is 15.5. The summed E-state index contributed by atoms with van der Waals surface area (Å²) < 4.78 is 5.20. The second kappa shape index (κ2) is 7.35. The van der Waals surface area contributed by atoms with Crippen LogP contribution in [0.5, 0.6) is 5.75 Å². The number of amides is 4. The minimum Gasteiger partial charge on any atom is -0.497 e. The van der Waals surface area contributed by atoms with Crippen molar-refractivity contribution in [2.24, 2.45) is 0 Å². The summed E-state index contributed by atoms with van der Waals surface area (Å²) in [5.74, 6) is 5.48. The second-order valence-corrected chi connectivity index (χ2v) is 7.49. The van der Waals surface area contributed by atoms with Crippen LogP contribution in [0, 0.1) is 11.8 Å². The Balaban J connectivity index is 1.51. The molecule has 2 aromatic carbocycles. The fourth-order valence-corrected chi connectivity index (χ4v) is 3.88. The van der Waals surface area contributed by atoms with E-state index in [0.717, 1.165) is 10.9 Å². The van der Waals surface area contributed by atoms with Crippen molar-refractivity contribution in [2.75, 3.05) is 13.7 Å². The number of carbonyl (C=O) groups excluding carboxylic acids is 3. The first-order valence-corrected chi connectivity index (χ1v) is 9.82. The summed E-state index contributed by atoms with van der Waals surface area (Å²) in [6, 6.07) is 11.9. The van der Waals surface area contributed by atoms with Crippen LogP contribution in [-0.2, 0) is 11.3 Å². The number of carbonyl (C=O) groups is 3. The first kappa shape index (κ1) is 19.5. The van der Waals surface area contributed by atoms with Gasteiger partial charge in [-0.25, -0.2) is 14.8 Å². The van der Waals surface area contributed by atoms with Crippen molar-refractivity contribution in [1.29, 1.82) is 0 Å². The van der Waals surface area contributed by atoms with Crippen LogP contribution in [0.25, 0.3) is 10.9 Å². The zero-order valence-electron chi connectivity index (χ0n) is 17.0. The summed E-state index contributed by atoms with van der Waals surface area (Å²) in [5, 5.41) is 5.55. The van der Waals surface area contributed by atoms with E-state index >= 15 is 0 Å². The van der Waals surface area contributed by atoms with Crippen LogP contribution in [0.2, 0.25) is 0 Å². The zero-order valence-corrected chi connectivity index (χ0v) is 17.0. The van der Waals surface area contributed by atoms with E-state index in [1.54, 1.807) is 12.1 Å². The van der Waals surface area contributed by atoms with Gasteiger partial charge in [0.15, 0.2) is 0 Å². The number of methoxy groups -OCH3 is 1. The van der Waals surface area contributed by atoms with Crippen LogP contribution in [0.3, 0.4) is 0 Å². The van der Waals surface area contributed by atoms with E-state index in [9.17, 15) is 14.4 Å². The molecule has 5 rings (SSSR count). The van der Waals surface area contributed by atoms with Gasteiger partial charge in [0.2, 0.25) is 5.54 Å². The molecule has 3 aromatic rings. The molecular formula is C23H17N5O4. The number of imide groups is 1. The van der Waals surface area contributed by atoms with Gasteiger partial charge in [-0.3, -0.25) is 14.9 Å². The van der Waals surface area contributed by atoms with Crippen LogP contribution in [0.15, 0.2) is 48.8 Å². The van der Waals surface area contributed by atoms with E-state index in [-0.39, 0.29) is 12.5 Å². The Morgan fingerprint density at radius 2 is 2.00 bits per heavy atom. The van der Waals surface area contributed by atoms with Crippen molar-refractivity contribution >= 4 is 28.7 Å². The van der Waals surface area contributed by atoms with Crippen molar-refractivity contribution in [3.8, 4) is 17.6 Å². The predicted molar refractivity (Wildman–Crippen MR) is 114 cm³/mol. The zero-order chi connectivity index (χ0) is 22.3. The standard InChI is InChI=1S/C23H17N5O4/c1-32-15-7-6-14-11-28(20(29)17(14)10-15)12-23(21(30)26-22(31)27-23)9-8-19-16-4-2-3-5-18(16)24-13-25-19/h2-7,10,13H,11-12H2,1H3,(H2,26,27,30,31)/t23-/m1/s1. The number of para-hydroxylation sites is 1. The molecule has 0 bridgehead atoms. The van der Waals surface area contributed by atoms with Crippen LogP contribution in [-0.4, -0.2) is 51.9 Å². The fourth-order valence-electron chi connectivity index (χ4n) is 3.88. The molecule has 0 unspecified atom stereocenters. The quantitative estimate of drug-likeness (QED) is 0.480. The molecular weight excluding hydrogens is 410 g/mol. The molecule has 32 heavy (non-hydrogen) atoms. The van der Waals surface area contributed by atoms with E-state index in [1.807, 2.05) is 30.3 Å². The van der Waals surface area contributed by atoms with Crippen molar-refractivity contribution < 1.29 is 19.1 Å². The maximum absolute atomic E-state index is 13.0. The van der Waals surface area contributed by atoms with Crippen molar-refractivity contribution in [3.63, 3.8) is 0 Å². The molecule has 2 aliphatic rings. The van der Waals surface area contributed by atoms with Crippen LogP contribution in [0.1, 0.15) is 21.6 Å². The maximum Gasteiger partial charge on any atom is 0.323 e. The lowest BCUT2D eigenvalue weighted by molar-refractivity contribution is -0.122. The highest BCUT2D eigenvalue weighted by Crippen LogP contribution is 2.28. The SMILES string of the molecule is COc1ccc2c(c1)C(=O)N(C[C@@]1(C#Cc3ncnc4ccccc34)NC(=O)NC1=O)C2. The molecule has 158 valence electrons. The number of rotatable bonds is 3. The Kier molecular flexibility index (Phi) is 4.48. The molecule has 4 amide bonds. The van der Waals surface area contributed by atoms with Gasteiger partial charge >= 0.3 is 6.03 Å². The Morgan fingerprint density at radius 1 is 1.16 bits per heavy atom. The lowest BCUT2D eigenvalue weighted by Crippen LogP contribution is -2.54. The van der Waals surface area contributed by atoms with Crippen LogP contribution >= 0.6 is 0 Å². The fraction of sp³-hybridized carbons (Fsp3) is 0.174. The lowest BCUT2D eigenvalue weighted by atomic mass is 9.99. The summed E-state index contributed by atoms with van der Waals surface area (Å²) in [5.41, 5.74) is 0.833. The summed E-state index contributed by atoms with van der Waals surface area (Å²) in [6.07, 6.45) is 1.39. The number of urea groups is 1. The van der Waals surface area contributed by atoms with Gasteiger partial charge in [0.25, 0.3) is 11.8 Å². The number of hydrogen-bond donors (Lipinski definition) is 2. The number of benzene rings is 2. The Labute approximate surface area is 182 Å². The maximum atomic E-state index is 13.0. The third kappa shape index (κ3) is 3.18. The Morgan fingerprint density at radius 3 is 2.78 bits per heavy atom. The predicted octanol–water partition coefficient (Wildman–Crippen LogP) is 1.22. The molecule has 0 radical (unpaired) electrons. The average Bonchev–Trinajstić information content (AvgIpc) is 3.26. The topological polar surface area (TPSA) is 114 Å². The van der Waals surface area contributed by atoms with E-state index in [2.05, 4.69) is 32.4 Å². The van der Waals surface area contributed by atoms with Gasteiger partial charge in [-0.1, -0.05) is 24.1 Å². The van der Waals surface area contributed by atoms with Gasteiger partial charge in [0, 0.05) is 17.5 Å². The monoisotopic (exact) mass is 427 g/mol.